The van der Waals surface area contributed by atoms with Crippen molar-refractivity contribution in [3.8, 4) is 5.75 Å². The lowest BCUT2D eigenvalue weighted by Crippen LogP contribution is -2.52. The molecule has 3 rings (SSSR count). The maximum absolute atomic E-state index is 12.6. The summed E-state index contributed by atoms with van der Waals surface area (Å²) in [6.45, 7) is 10.8. The highest BCUT2D eigenvalue weighted by molar-refractivity contribution is 5.78. The highest BCUT2D eigenvalue weighted by Gasteiger charge is 2.41. The summed E-state index contributed by atoms with van der Waals surface area (Å²) in [5.74, 6) is 1.05. The Balaban J connectivity index is 1.52. The Hall–Kier alpha value is -2.30. The summed E-state index contributed by atoms with van der Waals surface area (Å²) in [5.41, 5.74) is 2.40. The van der Waals surface area contributed by atoms with Gasteiger partial charge in [0.2, 0.25) is 5.91 Å². The first-order valence-corrected chi connectivity index (χ1v) is 9.80. The molecule has 0 radical (unpaired) electrons. The first-order chi connectivity index (χ1) is 12.9. The van der Waals surface area contributed by atoms with Crippen molar-refractivity contribution in [2.45, 2.75) is 39.5 Å². The van der Waals surface area contributed by atoms with Gasteiger partial charge in [-0.3, -0.25) is 9.59 Å². The van der Waals surface area contributed by atoms with Gasteiger partial charge in [-0.15, -0.1) is 6.58 Å². The van der Waals surface area contributed by atoms with Crippen LogP contribution in [0.4, 0.5) is 0 Å². The van der Waals surface area contributed by atoms with E-state index in [4.69, 9.17) is 4.74 Å². The number of likely N-dealkylation sites (tertiary alicyclic amines) is 2. The van der Waals surface area contributed by atoms with Crippen molar-refractivity contribution < 1.29 is 14.3 Å². The SMILES string of the molecule is C=CCN1CC2(CCC1=O)CCN(C(=O)COc1cccc(C)c1C)CC2. The number of benzene rings is 1. The number of aryl methyl sites for hydroxylation is 1. The second-order valence-electron chi connectivity index (χ2n) is 7.93. The molecule has 2 fully saturated rings. The van der Waals surface area contributed by atoms with Gasteiger partial charge in [-0.05, 0) is 55.7 Å². The molecule has 2 heterocycles. The largest absolute Gasteiger partial charge is 0.483 e. The Morgan fingerprint density at radius 3 is 2.70 bits per heavy atom. The number of carbonyl (C=O) groups excluding carboxylic acids is 2. The summed E-state index contributed by atoms with van der Waals surface area (Å²) in [6, 6.07) is 5.90. The van der Waals surface area contributed by atoms with Crippen LogP contribution < -0.4 is 4.74 Å². The molecule has 5 nitrogen and oxygen atoms in total. The number of rotatable bonds is 5. The van der Waals surface area contributed by atoms with Crippen molar-refractivity contribution in [1.82, 2.24) is 9.80 Å². The summed E-state index contributed by atoms with van der Waals surface area (Å²) < 4.78 is 5.78. The molecule has 5 heteroatoms. The minimum Gasteiger partial charge on any atom is -0.483 e. The molecule has 0 N–H and O–H groups in total. The van der Waals surface area contributed by atoms with Crippen LogP contribution in [0.25, 0.3) is 0 Å². The fourth-order valence-corrected chi connectivity index (χ4v) is 4.17. The zero-order valence-corrected chi connectivity index (χ0v) is 16.5. The van der Waals surface area contributed by atoms with E-state index in [2.05, 4.69) is 6.58 Å². The number of piperidine rings is 2. The number of ether oxygens (including phenoxy) is 1. The van der Waals surface area contributed by atoms with E-state index < -0.39 is 0 Å². The number of carbonyl (C=O) groups is 2. The lowest BCUT2D eigenvalue weighted by atomic mass is 9.72. The smallest absolute Gasteiger partial charge is 0.260 e. The lowest BCUT2D eigenvalue weighted by molar-refractivity contribution is -0.142. The Kier molecular flexibility index (Phi) is 5.88. The van der Waals surface area contributed by atoms with Gasteiger partial charge in [0.25, 0.3) is 5.91 Å². The Bertz CT molecular complexity index is 720. The molecular weight excluding hydrogens is 340 g/mol. The number of amides is 2. The fraction of sp³-hybridized carbons (Fsp3) is 0.545. The van der Waals surface area contributed by atoms with Crippen LogP contribution in [0.5, 0.6) is 5.75 Å². The van der Waals surface area contributed by atoms with Crippen LogP contribution in [-0.4, -0.2) is 54.4 Å². The maximum atomic E-state index is 12.6. The monoisotopic (exact) mass is 370 g/mol. The van der Waals surface area contributed by atoms with E-state index in [-0.39, 0.29) is 23.8 Å². The van der Waals surface area contributed by atoms with Crippen molar-refractivity contribution >= 4 is 11.8 Å². The second kappa shape index (κ2) is 8.15. The highest BCUT2D eigenvalue weighted by atomic mass is 16.5. The molecule has 2 amide bonds. The normalized spacial score (nSPS) is 19.3. The standard InChI is InChI=1S/C22H30N2O3/c1-4-12-24-16-22(9-8-20(24)25)10-13-23(14-11-22)21(26)15-27-19-7-5-6-17(2)18(19)3/h4-7H,1,8-16H2,2-3H3. The molecule has 1 aromatic rings. The molecule has 0 atom stereocenters. The molecule has 2 saturated heterocycles. The van der Waals surface area contributed by atoms with Gasteiger partial charge in [0.05, 0.1) is 0 Å². The molecule has 1 aromatic carbocycles. The van der Waals surface area contributed by atoms with Gasteiger partial charge in [-0.25, -0.2) is 0 Å². The third-order valence-corrected chi connectivity index (χ3v) is 6.18. The average Bonchev–Trinajstić information content (AvgIpc) is 2.67. The zero-order chi connectivity index (χ0) is 19.4. The predicted molar refractivity (Wildman–Crippen MR) is 106 cm³/mol. The summed E-state index contributed by atoms with van der Waals surface area (Å²) in [4.78, 5) is 28.5. The molecule has 2 aliphatic rings. The van der Waals surface area contributed by atoms with Crippen molar-refractivity contribution in [1.29, 1.82) is 0 Å². The predicted octanol–water partition coefficient (Wildman–Crippen LogP) is 3.10. The molecule has 0 aromatic heterocycles. The Labute approximate surface area is 162 Å². The molecule has 0 bridgehead atoms. The van der Waals surface area contributed by atoms with Crippen LogP contribution in [0.1, 0.15) is 36.8 Å². The van der Waals surface area contributed by atoms with Gasteiger partial charge < -0.3 is 14.5 Å². The first kappa shape index (κ1) is 19.5. The topological polar surface area (TPSA) is 49.9 Å². The molecule has 0 unspecified atom stereocenters. The molecule has 146 valence electrons. The van der Waals surface area contributed by atoms with Crippen molar-refractivity contribution in [3.05, 3.63) is 42.0 Å². The van der Waals surface area contributed by atoms with Crippen molar-refractivity contribution in [2.24, 2.45) is 5.41 Å². The van der Waals surface area contributed by atoms with Gasteiger partial charge in [-0.1, -0.05) is 18.2 Å². The van der Waals surface area contributed by atoms with E-state index in [0.29, 0.717) is 13.0 Å². The summed E-state index contributed by atoms with van der Waals surface area (Å²) in [6.07, 6.45) is 5.23. The Morgan fingerprint density at radius 2 is 2.00 bits per heavy atom. The first-order valence-electron chi connectivity index (χ1n) is 9.80. The minimum atomic E-state index is 0.0422. The number of hydrogen-bond donors (Lipinski definition) is 0. The molecule has 0 aliphatic carbocycles. The molecule has 2 aliphatic heterocycles. The van der Waals surface area contributed by atoms with Gasteiger partial charge in [0.15, 0.2) is 6.61 Å². The highest BCUT2D eigenvalue weighted by Crippen LogP contribution is 2.40. The van der Waals surface area contributed by atoms with Crippen LogP contribution in [0.3, 0.4) is 0 Å². The van der Waals surface area contributed by atoms with Crippen LogP contribution in [0.15, 0.2) is 30.9 Å². The molecule has 1 spiro atoms. The third-order valence-electron chi connectivity index (χ3n) is 6.18. The van der Waals surface area contributed by atoms with Crippen molar-refractivity contribution in [3.63, 3.8) is 0 Å². The van der Waals surface area contributed by atoms with E-state index in [1.54, 1.807) is 6.08 Å². The molecule has 0 saturated carbocycles. The summed E-state index contributed by atoms with van der Waals surface area (Å²) >= 11 is 0. The maximum Gasteiger partial charge on any atom is 0.260 e. The van der Waals surface area contributed by atoms with Crippen LogP contribution in [0, 0.1) is 19.3 Å². The summed E-state index contributed by atoms with van der Waals surface area (Å²) in [5, 5.41) is 0. The van der Waals surface area contributed by atoms with E-state index >= 15 is 0 Å². The van der Waals surface area contributed by atoms with Gasteiger partial charge >= 0.3 is 0 Å². The quantitative estimate of drug-likeness (QED) is 0.749. The van der Waals surface area contributed by atoms with Gasteiger partial charge in [0, 0.05) is 32.6 Å². The molecule has 27 heavy (non-hydrogen) atoms. The lowest BCUT2D eigenvalue weighted by Gasteiger charge is -2.47. The van der Waals surface area contributed by atoms with Crippen LogP contribution in [-0.2, 0) is 9.59 Å². The minimum absolute atomic E-state index is 0.0422. The summed E-state index contributed by atoms with van der Waals surface area (Å²) in [7, 11) is 0. The van der Waals surface area contributed by atoms with Crippen molar-refractivity contribution in [2.75, 3.05) is 32.8 Å². The van der Waals surface area contributed by atoms with E-state index in [9.17, 15) is 9.59 Å². The zero-order valence-electron chi connectivity index (χ0n) is 16.5. The van der Waals surface area contributed by atoms with Gasteiger partial charge in [0.1, 0.15) is 5.75 Å². The van der Waals surface area contributed by atoms with Crippen LogP contribution in [0.2, 0.25) is 0 Å². The second-order valence-corrected chi connectivity index (χ2v) is 7.93. The average molecular weight is 370 g/mol. The van der Waals surface area contributed by atoms with E-state index in [0.717, 1.165) is 55.8 Å². The van der Waals surface area contributed by atoms with E-state index in [1.165, 1.54) is 0 Å². The Morgan fingerprint density at radius 1 is 1.26 bits per heavy atom. The third kappa shape index (κ3) is 4.34. The van der Waals surface area contributed by atoms with Gasteiger partial charge in [-0.2, -0.15) is 0 Å². The number of hydrogen-bond acceptors (Lipinski definition) is 3. The number of nitrogens with zero attached hydrogens (tertiary/aromatic N) is 2. The van der Waals surface area contributed by atoms with E-state index in [1.807, 2.05) is 41.8 Å². The fourth-order valence-electron chi connectivity index (χ4n) is 4.17. The van der Waals surface area contributed by atoms with Crippen LogP contribution >= 0.6 is 0 Å². The molecular formula is C22H30N2O3.